The average Bonchev–Trinajstić information content (AvgIpc) is 3.26. The van der Waals surface area contributed by atoms with Gasteiger partial charge in [-0.3, -0.25) is 19.4 Å². The van der Waals surface area contributed by atoms with Crippen LogP contribution in [0.15, 0.2) is 97.1 Å². The van der Waals surface area contributed by atoms with E-state index in [1.54, 1.807) is 18.2 Å². The summed E-state index contributed by atoms with van der Waals surface area (Å²) in [6.07, 6.45) is 4.48. The summed E-state index contributed by atoms with van der Waals surface area (Å²) in [5.41, 5.74) is 6.49. The lowest BCUT2D eigenvalue weighted by Crippen LogP contribution is -2.53. The van der Waals surface area contributed by atoms with Crippen LogP contribution in [0.5, 0.6) is 0 Å². The van der Waals surface area contributed by atoms with Crippen LogP contribution in [0.1, 0.15) is 68.7 Å². The predicted molar refractivity (Wildman–Crippen MR) is 250 cm³/mol. The van der Waals surface area contributed by atoms with Gasteiger partial charge in [-0.05, 0) is 111 Å². The summed E-state index contributed by atoms with van der Waals surface area (Å²) < 4.78 is 26.4. The molecule has 3 atom stereocenters. The largest absolute Gasteiger partial charge is 0.382 e. The fourth-order valence-corrected chi connectivity index (χ4v) is 9.48. The molecule has 63 heavy (non-hydrogen) atoms. The number of piperidine rings is 2. The minimum absolute atomic E-state index is 0.188. The van der Waals surface area contributed by atoms with Gasteiger partial charge in [-0.25, -0.2) is 8.78 Å². The van der Waals surface area contributed by atoms with Gasteiger partial charge in [0.15, 0.2) is 0 Å². The maximum absolute atomic E-state index is 13.4. The number of anilines is 2. The van der Waals surface area contributed by atoms with E-state index in [1.807, 2.05) is 15.9 Å². The third-order valence-electron chi connectivity index (χ3n) is 12.8. The molecule has 4 aromatic carbocycles. The molecular weight excluding hydrogens is 795 g/mol. The topological polar surface area (TPSA) is 95.2 Å². The number of amides is 2. The van der Waals surface area contributed by atoms with E-state index in [0.717, 1.165) is 120 Å². The Labute approximate surface area is 373 Å². The van der Waals surface area contributed by atoms with E-state index in [9.17, 15) is 18.4 Å². The smallest absolute Gasteiger partial charge is 0.226 e. The lowest BCUT2D eigenvalue weighted by atomic mass is 10.0. The van der Waals surface area contributed by atoms with E-state index in [4.69, 9.17) is 0 Å². The third-order valence-corrected chi connectivity index (χ3v) is 12.8. The minimum atomic E-state index is -0.230. The highest BCUT2D eigenvalue weighted by Crippen LogP contribution is 2.21. The number of piperazine rings is 2. The van der Waals surface area contributed by atoms with E-state index in [0.29, 0.717) is 37.0 Å². The van der Waals surface area contributed by atoms with E-state index >= 15 is 0 Å². The molecular formula is C51H68F2N8O2. The summed E-state index contributed by atoms with van der Waals surface area (Å²) in [5, 5.41) is 13.9. The van der Waals surface area contributed by atoms with Crippen molar-refractivity contribution in [2.75, 3.05) is 69.5 Å². The number of carbonyl (C=O) groups excluding carboxylic acids is 2. The molecule has 4 N–H and O–H groups in total. The van der Waals surface area contributed by atoms with Gasteiger partial charge in [-0.1, -0.05) is 54.6 Å². The van der Waals surface area contributed by atoms with Gasteiger partial charge in [-0.2, -0.15) is 0 Å². The van der Waals surface area contributed by atoms with Crippen LogP contribution >= 0.6 is 0 Å². The lowest BCUT2D eigenvalue weighted by Gasteiger charge is -2.36. The second-order valence-electron chi connectivity index (χ2n) is 18.4. The second kappa shape index (κ2) is 22.7. The molecule has 4 heterocycles. The van der Waals surface area contributed by atoms with Crippen LogP contribution < -0.4 is 21.3 Å². The summed E-state index contributed by atoms with van der Waals surface area (Å²) >= 11 is 0. The van der Waals surface area contributed by atoms with Crippen molar-refractivity contribution in [1.82, 2.24) is 30.2 Å². The normalized spacial score (nSPS) is 21.6. The first-order chi connectivity index (χ1) is 30.5. The Kier molecular flexibility index (Phi) is 16.6. The van der Waals surface area contributed by atoms with Crippen molar-refractivity contribution < 1.29 is 18.4 Å². The van der Waals surface area contributed by atoms with Gasteiger partial charge in [0.1, 0.15) is 11.6 Å². The molecule has 0 radical (unpaired) electrons. The molecule has 0 aromatic heterocycles. The molecule has 12 heteroatoms. The van der Waals surface area contributed by atoms with Gasteiger partial charge in [0, 0.05) is 114 Å². The molecule has 0 saturated carbocycles. The SMILES string of the molecule is C[C@@H]1CN(Cc2ccc(CC(=O)N3CCC(Nc4ccc(F)cc4)CC3)cc2)C[C@H](C)N1.C[C@H]1CN(Cc2ccc(CC(=O)N3CCC(Nc4cccc(F)c4)CC3)cc2)CCN1. The summed E-state index contributed by atoms with van der Waals surface area (Å²) in [6.45, 7) is 16.9. The van der Waals surface area contributed by atoms with E-state index < -0.39 is 0 Å². The molecule has 4 saturated heterocycles. The van der Waals surface area contributed by atoms with Gasteiger partial charge >= 0.3 is 0 Å². The summed E-state index contributed by atoms with van der Waals surface area (Å²) in [5.74, 6) is -0.0706. The summed E-state index contributed by atoms with van der Waals surface area (Å²) in [7, 11) is 0. The monoisotopic (exact) mass is 863 g/mol. The van der Waals surface area contributed by atoms with Crippen LogP contribution in [0.3, 0.4) is 0 Å². The van der Waals surface area contributed by atoms with Gasteiger partial charge < -0.3 is 31.1 Å². The lowest BCUT2D eigenvalue weighted by molar-refractivity contribution is -0.132. The van der Waals surface area contributed by atoms with Crippen LogP contribution in [0, 0.1) is 11.6 Å². The maximum atomic E-state index is 13.4. The quantitative estimate of drug-likeness (QED) is 0.122. The van der Waals surface area contributed by atoms with Crippen molar-refractivity contribution in [3.63, 3.8) is 0 Å². The molecule has 4 aliphatic rings. The molecule has 2 amide bonds. The van der Waals surface area contributed by atoms with E-state index in [-0.39, 0.29) is 29.5 Å². The maximum Gasteiger partial charge on any atom is 0.226 e. The van der Waals surface area contributed by atoms with Crippen LogP contribution in [-0.4, -0.2) is 121 Å². The molecule has 4 aliphatic heterocycles. The number of likely N-dealkylation sites (tertiary alicyclic amines) is 2. The highest BCUT2D eigenvalue weighted by atomic mass is 19.1. The number of carbonyl (C=O) groups is 2. The van der Waals surface area contributed by atoms with Crippen molar-refractivity contribution in [3.05, 3.63) is 131 Å². The third kappa shape index (κ3) is 14.6. The zero-order chi connectivity index (χ0) is 44.1. The number of rotatable bonds is 12. The van der Waals surface area contributed by atoms with Crippen molar-refractivity contribution >= 4 is 23.2 Å². The van der Waals surface area contributed by atoms with Gasteiger partial charge in [0.25, 0.3) is 0 Å². The van der Waals surface area contributed by atoms with Crippen molar-refractivity contribution in [3.8, 4) is 0 Å². The fraction of sp³-hybridized carbons (Fsp3) is 0.490. The van der Waals surface area contributed by atoms with E-state index in [2.05, 4.69) is 100 Å². The first-order valence-corrected chi connectivity index (χ1v) is 23.2. The van der Waals surface area contributed by atoms with Crippen LogP contribution in [0.4, 0.5) is 20.2 Å². The van der Waals surface area contributed by atoms with Crippen molar-refractivity contribution in [1.29, 1.82) is 0 Å². The fourth-order valence-electron chi connectivity index (χ4n) is 9.48. The number of hydrogen-bond acceptors (Lipinski definition) is 8. The van der Waals surface area contributed by atoms with Crippen LogP contribution in [-0.2, 0) is 35.5 Å². The molecule has 0 aliphatic carbocycles. The zero-order valence-electron chi connectivity index (χ0n) is 37.5. The standard InChI is InChI=1S/C26H35FN4O.C25H33FN4O/c1-19-16-30(17-20(2)28-19)18-22-5-3-21(4-6-22)15-26(32)31-13-11-25(12-14-31)29-24-9-7-23(27)8-10-24;1-19-17-29(14-11-27-19)18-21-7-5-20(6-8-21)15-25(31)30-12-9-23(10-13-30)28-24-4-2-3-22(26)16-24/h3-10,19-20,25,28-29H,11-18H2,1-2H3;2-8,16,19,23,27-28H,9-15,17-18H2,1H3/t19-,20+;19-/m.0/s1. The van der Waals surface area contributed by atoms with Crippen molar-refractivity contribution in [2.45, 2.75) is 103 Å². The summed E-state index contributed by atoms with van der Waals surface area (Å²) in [6, 6.07) is 32.2. The highest BCUT2D eigenvalue weighted by Gasteiger charge is 2.25. The first-order valence-electron chi connectivity index (χ1n) is 23.2. The molecule has 8 rings (SSSR count). The van der Waals surface area contributed by atoms with Crippen molar-refractivity contribution in [2.24, 2.45) is 0 Å². The second-order valence-corrected chi connectivity index (χ2v) is 18.4. The Hall–Kier alpha value is -4.88. The Morgan fingerprint density at radius 2 is 1.03 bits per heavy atom. The number of benzene rings is 4. The summed E-state index contributed by atoms with van der Waals surface area (Å²) in [4.78, 5) is 34.5. The molecule has 4 aromatic rings. The Bertz CT molecular complexity index is 2030. The Balaban J connectivity index is 0.000000189. The molecule has 0 bridgehead atoms. The number of hydrogen-bond donors (Lipinski definition) is 4. The molecule has 338 valence electrons. The van der Waals surface area contributed by atoms with Gasteiger partial charge in [0.2, 0.25) is 11.8 Å². The predicted octanol–water partition coefficient (Wildman–Crippen LogP) is 6.92. The number of nitrogens with zero attached hydrogens (tertiary/aromatic N) is 4. The highest BCUT2D eigenvalue weighted by molar-refractivity contribution is 5.79. The van der Waals surface area contributed by atoms with Crippen LogP contribution in [0.2, 0.25) is 0 Å². The number of halogens is 2. The zero-order valence-corrected chi connectivity index (χ0v) is 37.5. The number of nitrogens with one attached hydrogen (secondary N) is 4. The Morgan fingerprint density at radius 1 is 0.556 bits per heavy atom. The molecule has 0 unspecified atom stereocenters. The first kappa shape index (κ1) is 46.1. The average molecular weight is 863 g/mol. The Morgan fingerprint density at radius 3 is 1.54 bits per heavy atom. The molecule has 10 nitrogen and oxygen atoms in total. The molecule has 4 fully saturated rings. The van der Waals surface area contributed by atoms with E-state index in [1.165, 1.54) is 35.4 Å². The van der Waals surface area contributed by atoms with Gasteiger partial charge in [-0.15, -0.1) is 0 Å². The molecule has 0 spiro atoms. The van der Waals surface area contributed by atoms with Gasteiger partial charge in [0.05, 0.1) is 12.8 Å². The minimum Gasteiger partial charge on any atom is -0.382 e. The van der Waals surface area contributed by atoms with Crippen LogP contribution in [0.25, 0.3) is 0 Å².